The van der Waals surface area contributed by atoms with Crippen molar-refractivity contribution in [3.05, 3.63) is 0 Å². The normalized spacial score (nSPS) is 23.6. The monoisotopic (exact) mass is 268 g/mol. The van der Waals surface area contributed by atoms with Crippen molar-refractivity contribution in [2.75, 3.05) is 26.3 Å². The molecule has 2 fully saturated rings. The Hall–Kier alpha value is -0.610. The number of amides is 1. The average molecular weight is 268 g/mol. The van der Waals surface area contributed by atoms with Crippen LogP contribution in [-0.2, 0) is 9.53 Å². The number of ether oxygens (including phenoxy) is 1. The minimum Gasteiger partial charge on any atom is -0.381 e. The molecule has 2 aliphatic rings. The van der Waals surface area contributed by atoms with Crippen molar-refractivity contribution in [2.24, 2.45) is 5.92 Å². The Bertz CT molecular complexity index is 302. The van der Waals surface area contributed by atoms with Crippen LogP contribution < -0.4 is 5.32 Å². The van der Waals surface area contributed by atoms with Gasteiger partial charge in [-0.1, -0.05) is 0 Å². The van der Waals surface area contributed by atoms with E-state index in [4.69, 9.17) is 4.74 Å². The van der Waals surface area contributed by atoms with E-state index in [0.29, 0.717) is 24.3 Å². The molecule has 4 heteroatoms. The molecular weight excluding hydrogens is 240 g/mol. The molecule has 1 heterocycles. The molecule has 4 nitrogen and oxygen atoms in total. The molecule has 0 spiro atoms. The zero-order valence-corrected chi connectivity index (χ0v) is 12.6. The lowest BCUT2D eigenvalue weighted by Crippen LogP contribution is -2.41. The fourth-order valence-corrected chi connectivity index (χ4v) is 2.53. The van der Waals surface area contributed by atoms with Crippen LogP contribution in [-0.4, -0.2) is 48.7 Å². The van der Waals surface area contributed by atoms with Crippen LogP contribution in [0.4, 0.5) is 0 Å². The zero-order valence-electron chi connectivity index (χ0n) is 12.6. The maximum absolute atomic E-state index is 12.3. The van der Waals surface area contributed by atoms with Crippen LogP contribution in [0.1, 0.15) is 46.5 Å². The highest BCUT2D eigenvalue weighted by molar-refractivity contribution is 5.77. The lowest BCUT2D eigenvalue weighted by atomic mass is 10.1. The number of carbonyl (C=O) groups is 1. The van der Waals surface area contributed by atoms with Crippen molar-refractivity contribution in [1.29, 1.82) is 0 Å². The fourth-order valence-electron chi connectivity index (χ4n) is 2.53. The Morgan fingerprint density at radius 1 is 1.32 bits per heavy atom. The first-order valence-corrected chi connectivity index (χ1v) is 7.58. The highest BCUT2D eigenvalue weighted by Crippen LogP contribution is 2.29. The van der Waals surface area contributed by atoms with Gasteiger partial charge in [-0.05, 0) is 40.0 Å². The topological polar surface area (TPSA) is 41.6 Å². The van der Waals surface area contributed by atoms with Crippen molar-refractivity contribution in [3.63, 3.8) is 0 Å². The number of nitrogens with one attached hydrogen (secondary N) is 1. The lowest BCUT2D eigenvalue weighted by Gasteiger charge is -2.26. The molecular formula is C15H28N2O2. The zero-order chi connectivity index (χ0) is 13.9. The summed E-state index contributed by atoms with van der Waals surface area (Å²) in [6.45, 7) is 9.76. The van der Waals surface area contributed by atoms with Gasteiger partial charge in [0.25, 0.3) is 0 Å². The number of carbonyl (C=O) groups excluding carboxylic acids is 1. The van der Waals surface area contributed by atoms with E-state index in [1.54, 1.807) is 0 Å². The molecule has 19 heavy (non-hydrogen) atoms. The Morgan fingerprint density at radius 2 is 2.05 bits per heavy atom. The number of nitrogens with zero attached hydrogens (tertiary/aromatic N) is 1. The highest BCUT2D eigenvalue weighted by atomic mass is 16.5. The summed E-state index contributed by atoms with van der Waals surface area (Å²) in [5.74, 6) is 0.867. The molecule has 1 aliphatic carbocycles. The van der Waals surface area contributed by atoms with Gasteiger partial charge in [0.05, 0.1) is 6.61 Å². The number of hydrogen-bond donors (Lipinski definition) is 1. The minimum absolute atomic E-state index is 0.0873. The molecule has 1 unspecified atom stereocenters. The Morgan fingerprint density at radius 3 is 2.58 bits per heavy atom. The molecule has 1 saturated heterocycles. The first kappa shape index (κ1) is 14.8. The second-order valence-corrected chi connectivity index (χ2v) is 6.93. The van der Waals surface area contributed by atoms with Gasteiger partial charge in [0.2, 0.25) is 5.91 Å². The minimum atomic E-state index is 0.0873. The maximum atomic E-state index is 12.3. The van der Waals surface area contributed by atoms with E-state index in [1.165, 1.54) is 12.8 Å². The summed E-state index contributed by atoms with van der Waals surface area (Å²) in [5, 5.41) is 3.39. The molecule has 1 aliphatic heterocycles. The second kappa shape index (κ2) is 6.23. The molecule has 0 bridgehead atoms. The van der Waals surface area contributed by atoms with Gasteiger partial charge in [-0.25, -0.2) is 0 Å². The van der Waals surface area contributed by atoms with E-state index in [0.717, 1.165) is 32.7 Å². The van der Waals surface area contributed by atoms with Crippen LogP contribution in [0.2, 0.25) is 0 Å². The first-order chi connectivity index (χ1) is 8.96. The van der Waals surface area contributed by atoms with Gasteiger partial charge in [-0.2, -0.15) is 0 Å². The largest absolute Gasteiger partial charge is 0.381 e. The smallest absolute Gasteiger partial charge is 0.224 e. The van der Waals surface area contributed by atoms with Crippen LogP contribution in [0, 0.1) is 5.92 Å². The Balaban J connectivity index is 1.76. The summed E-state index contributed by atoms with van der Waals surface area (Å²) in [5.41, 5.74) is 0.0873. The molecule has 1 amide bonds. The molecule has 1 N–H and O–H groups in total. The molecule has 0 aromatic carbocycles. The van der Waals surface area contributed by atoms with Crippen LogP contribution >= 0.6 is 0 Å². The second-order valence-electron chi connectivity index (χ2n) is 6.93. The summed E-state index contributed by atoms with van der Waals surface area (Å²) >= 11 is 0. The van der Waals surface area contributed by atoms with E-state index in [1.807, 2.05) is 0 Å². The molecule has 0 aromatic heterocycles. The number of rotatable bonds is 6. The standard InChI is InChI=1S/C15H28N2O2/c1-15(2,3)16-8-6-14(18)17(13-4-5-13)10-12-7-9-19-11-12/h12-13,16H,4-11H2,1-3H3. The van der Waals surface area contributed by atoms with Crippen molar-refractivity contribution in [2.45, 2.75) is 58.0 Å². The van der Waals surface area contributed by atoms with Crippen LogP contribution in [0.5, 0.6) is 0 Å². The lowest BCUT2D eigenvalue weighted by molar-refractivity contribution is -0.132. The summed E-state index contributed by atoms with van der Waals surface area (Å²) in [6, 6.07) is 0.516. The molecule has 0 radical (unpaired) electrons. The van der Waals surface area contributed by atoms with Crippen molar-refractivity contribution < 1.29 is 9.53 Å². The van der Waals surface area contributed by atoms with Gasteiger partial charge >= 0.3 is 0 Å². The summed E-state index contributed by atoms with van der Waals surface area (Å²) in [6.07, 6.45) is 4.09. The van der Waals surface area contributed by atoms with Crippen LogP contribution in [0.25, 0.3) is 0 Å². The average Bonchev–Trinajstić information content (AvgIpc) is 3.01. The van der Waals surface area contributed by atoms with E-state index < -0.39 is 0 Å². The summed E-state index contributed by atoms with van der Waals surface area (Å²) < 4.78 is 5.41. The van der Waals surface area contributed by atoms with Crippen LogP contribution in [0.15, 0.2) is 0 Å². The fraction of sp³-hybridized carbons (Fsp3) is 0.933. The van der Waals surface area contributed by atoms with Gasteiger partial charge in [0.15, 0.2) is 0 Å². The molecule has 0 aromatic rings. The SMILES string of the molecule is CC(C)(C)NCCC(=O)N(CC1CCOC1)C1CC1. The van der Waals surface area contributed by atoms with Crippen LogP contribution in [0.3, 0.4) is 0 Å². The predicted octanol–water partition coefficient (Wildman–Crippen LogP) is 1.79. The third-order valence-electron chi connectivity index (χ3n) is 3.78. The van der Waals surface area contributed by atoms with Gasteiger partial charge in [-0.3, -0.25) is 4.79 Å². The van der Waals surface area contributed by atoms with Gasteiger partial charge < -0.3 is 15.0 Å². The van der Waals surface area contributed by atoms with Gasteiger partial charge in [0.1, 0.15) is 0 Å². The third kappa shape index (κ3) is 5.11. The van der Waals surface area contributed by atoms with E-state index in [9.17, 15) is 4.79 Å². The highest BCUT2D eigenvalue weighted by Gasteiger charge is 2.34. The molecule has 110 valence electrons. The third-order valence-corrected chi connectivity index (χ3v) is 3.78. The van der Waals surface area contributed by atoms with Gasteiger partial charge in [-0.15, -0.1) is 0 Å². The van der Waals surface area contributed by atoms with E-state index >= 15 is 0 Å². The molecule has 1 saturated carbocycles. The van der Waals surface area contributed by atoms with Crippen molar-refractivity contribution >= 4 is 5.91 Å². The first-order valence-electron chi connectivity index (χ1n) is 7.58. The number of hydrogen-bond acceptors (Lipinski definition) is 3. The summed E-state index contributed by atoms with van der Waals surface area (Å²) in [7, 11) is 0. The van der Waals surface area contributed by atoms with Gasteiger partial charge in [0, 0.05) is 43.6 Å². The van der Waals surface area contributed by atoms with E-state index in [-0.39, 0.29) is 5.54 Å². The molecule has 1 atom stereocenters. The Kier molecular flexibility index (Phi) is 4.85. The summed E-state index contributed by atoms with van der Waals surface area (Å²) in [4.78, 5) is 14.5. The maximum Gasteiger partial charge on any atom is 0.224 e. The Labute approximate surface area is 116 Å². The van der Waals surface area contributed by atoms with Crippen molar-refractivity contribution in [3.8, 4) is 0 Å². The van der Waals surface area contributed by atoms with E-state index in [2.05, 4.69) is 31.0 Å². The van der Waals surface area contributed by atoms with Crippen molar-refractivity contribution in [1.82, 2.24) is 10.2 Å². The quantitative estimate of drug-likeness (QED) is 0.798. The predicted molar refractivity (Wildman–Crippen MR) is 76.0 cm³/mol. The molecule has 2 rings (SSSR count).